The zero-order valence-electron chi connectivity index (χ0n) is 14.1. The Hall–Kier alpha value is -2.25. The molecule has 5 nitrogen and oxygen atoms in total. The number of thiazole rings is 1. The number of piperidine rings is 1. The lowest BCUT2D eigenvalue weighted by Gasteiger charge is -2.31. The van der Waals surface area contributed by atoms with Crippen LogP contribution in [0.15, 0.2) is 41.1 Å². The molecule has 0 bridgehead atoms. The number of carbonyl (C=O) groups is 2. The normalized spacial score (nSPS) is 17.4. The van der Waals surface area contributed by atoms with Crippen LogP contribution in [-0.2, 0) is 9.53 Å². The Labute approximate surface area is 159 Å². The van der Waals surface area contributed by atoms with Gasteiger partial charge in [0.1, 0.15) is 0 Å². The van der Waals surface area contributed by atoms with Crippen molar-refractivity contribution >= 4 is 44.8 Å². The Morgan fingerprint density at radius 1 is 1.27 bits per heavy atom. The molecule has 1 amide bonds. The van der Waals surface area contributed by atoms with Crippen LogP contribution in [0.1, 0.15) is 34.1 Å². The van der Waals surface area contributed by atoms with Crippen LogP contribution in [0.3, 0.4) is 0 Å². The van der Waals surface area contributed by atoms with Gasteiger partial charge in [-0.2, -0.15) is 11.3 Å². The number of ether oxygens (including phenoxy) is 1. The van der Waals surface area contributed by atoms with Gasteiger partial charge in [0.05, 0.1) is 20.8 Å². The number of thiophene rings is 1. The number of fused-ring (bicyclic) bond motifs is 1. The van der Waals surface area contributed by atoms with Crippen LogP contribution in [0.2, 0.25) is 0 Å². The third kappa shape index (κ3) is 3.64. The third-order valence-corrected chi connectivity index (χ3v) is 6.40. The number of esters is 1. The number of hydrogen-bond donors (Lipinski definition) is 0. The van der Waals surface area contributed by atoms with Crippen LogP contribution in [0, 0.1) is 0 Å². The first-order chi connectivity index (χ1) is 12.7. The van der Waals surface area contributed by atoms with Crippen molar-refractivity contribution in [2.24, 2.45) is 0 Å². The van der Waals surface area contributed by atoms with Crippen LogP contribution in [-0.4, -0.2) is 41.5 Å². The summed E-state index contributed by atoms with van der Waals surface area (Å²) in [5.41, 5.74) is 1.51. The maximum atomic E-state index is 12.5. The summed E-state index contributed by atoms with van der Waals surface area (Å²) in [5, 5.41) is 4.61. The quantitative estimate of drug-likeness (QED) is 0.638. The minimum atomic E-state index is -0.445. The average molecular weight is 386 g/mol. The minimum Gasteiger partial charge on any atom is -0.452 e. The molecular weight excluding hydrogens is 368 g/mol. The third-order valence-electron chi connectivity index (χ3n) is 4.52. The Kier molecular flexibility index (Phi) is 4.99. The first-order valence-corrected chi connectivity index (χ1v) is 10.3. The zero-order chi connectivity index (χ0) is 17.9. The SMILES string of the molecule is O=C(OCC(=O)N1CCC[C@H](c2nc3ccccc3s2)C1)c1ccsc1. The highest BCUT2D eigenvalue weighted by atomic mass is 32.1. The maximum absolute atomic E-state index is 12.5. The fourth-order valence-corrected chi connectivity index (χ4v) is 4.87. The van der Waals surface area contributed by atoms with Gasteiger partial charge in [-0.15, -0.1) is 11.3 Å². The molecule has 1 aliphatic heterocycles. The molecule has 1 aliphatic rings. The molecule has 1 fully saturated rings. The van der Waals surface area contributed by atoms with E-state index in [0.29, 0.717) is 18.7 Å². The van der Waals surface area contributed by atoms with Gasteiger partial charge in [0, 0.05) is 24.4 Å². The van der Waals surface area contributed by atoms with Crippen LogP contribution in [0.4, 0.5) is 0 Å². The van der Waals surface area contributed by atoms with Crippen molar-refractivity contribution in [2.75, 3.05) is 19.7 Å². The van der Waals surface area contributed by atoms with Gasteiger partial charge < -0.3 is 9.64 Å². The van der Waals surface area contributed by atoms with Gasteiger partial charge in [-0.1, -0.05) is 12.1 Å². The minimum absolute atomic E-state index is 0.139. The molecule has 3 aromatic rings. The molecule has 1 saturated heterocycles. The smallest absolute Gasteiger partial charge is 0.339 e. The van der Waals surface area contributed by atoms with Gasteiger partial charge >= 0.3 is 5.97 Å². The standard InChI is InChI=1S/C19H18N2O3S2/c22-17(11-24-19(23)14-7-9-25-12-14)21-8-3-4-13(10-21)18-20-15-5-1-2-6-16(15)26-18/h1-2,5-7,9,12-13H,3-4,8,10-11H2/t13-/m0/s1. The lowest BCUT2D eigenvalue weighted by Crippen LogP contribution is -2.41. The first-order valence-electron chi connectivity index (χ1n) is 8.53. The van der Waals surface area contributed by atoms with Crippen LogP contribution in [0.25, 0.3) is 10.2 Å². The number of aromatic nitrogens is 1. The van der Waals surface area contributed by atoms with Crippen LogP contribution < -0.4 is 0 Å². The monoisotopic (exact) mass is 386 g/mol. The summed E-state index contributed by atoms with van der Waals surface area (Å²) in [4.78, 5) is 30.9. The Balaban J connectivity index is 1.38. The van der Waals surface area contributed by atoms with Crippen molar-refractivity contribution in [3.63, 3.8) is 0 Å². The van der Waals surface area contributed by atoms with Crippen molar-refractivity contribution in [3.8, 4) is 0 Å². The van der Waals surface area contributed by atoms with Gasteiger partial charge in [0.15, 0.2) is 6.61 Å². The molecule has 1 aromatic carbocycles. The fraction of sp³-hybridized carbons (Fsp3) is 0.316. The van der Waals surface area contributed by atoms with E-state index in [1.165, 1.54) is 16.0 Å². The highest BCUT2D eigenvalue weighted by Gasteiger charge is 2.27. The molecule has 134 valence electrons. The molecule has 0 saturated carbocycles. The lowest BCUT2D eigenvalue weighted by molar-refractivity contribution is -0.135. The summed E-state index contributed by atoms with van der Waals surface area (Å²) in [6.45, 7) is 1.13. The molecular formula is C19H18N2O3S2. The lowest BCUT2D eigenvalue weighted by atomic mass is 9.99. The van der Waals surface area contributed by atoms with Gasteiger partial charge in [-0.05, 0) is 36.4 Å². The largest absolute Gasteiger partial charge is 0.452 e. The molecule has 0 N–H and O–H groups in total. The van der Waals surface area contributed by atoms with Crippen molar-refractivity contribution in [3.05, 3.63) is 51.7 Å². The molecule has 2 aromatic heterocycles. The molecule has 0 unspecified atom stereocenters. The molecule has 1 atom stereocenters. The van der Waals surface area contributed by atoms with E-state index in [0.717, 1.165) is 23.4 Å². The second-order valence-electron chi connectivity index (χ2n) is 6.29. The second-order valence-corrected chi connectivity index (χ2v) is 8.13. The van der Waals surface area contributed by atoms with Gasteiger partial charge in [0.25, 0.3) is 5.91 Å². The van der Waals surface area contributed by atoms with E-state index in [2.05, 4.69) is 6.07 Å². The molecule has 0 aliphatic carbocycles. The average Bonchev–Trinajstić information content (AvgIpc) is 3.35. The number of likely N-dealkylation sites (tertiary alicyclic amines) is 1. The molecule has 0 spiro atoms. The van der Waals surface area contributed by atoms with Gasteiger partial charge in [0.2, 0.25) is 0 Å². The number of carbonyl (C=O) groups excluding carboxylic acids is 2. The predicted octanol–water partition coefficient (Wildman–Crippen LogP) is 3.92. The highest BCUT2D eigenvalue weighted by Crippen LogP contribution is 2.32. The highest BCUT2D eigenvalue weighted by molar-refractivity contribution is 7.18. The number of hydrogen-bond acceptors (Lipinski definition) is 6. The number of amides is 1. The van der Waals surface area contributed by atoms with Crippen LogP contribution in [0.5, 0.6) is 0 Å². The Morgan fingerprint density at radius 3 is 2.96 bits per heavy atom. The number of nitrogens with zero attached hydrogens (tertiary/aromatic N) is 2. The summed E-state index contributed by atoms with van der Waals surface area (Å²) in [5.74, 6) is -0.337. The number of rotatable bonds is 4. The molecule has 3 heterocycles. The first kappa shape index (κ1) is 17.2. The molecule has 4 rings (SSSR count). The van der Waals surface area contributed by atoms with Crippen LogP contribution >= 0.6 is 22.7 Å². The summed E-state index contributed by atoms with van der Waals surface area (Å²) in [6.07, 6.45) is 1.96. The van der Waals surface area contributed by atoms with Crippen molar-refractivity contribution in [1.82, 2.24) is 9.88 Å². The van der Waals surface area contributed by atoms with Crippen molar-refractivity contribution < 1.29 is 14.3 Å². The fourth-order valence-electron chi connectivity index (χ4n) is 3.15. The predicted molar refractivity (Wildman–Crippen MR) is 103 cm³/mol. The summed E-state index contributed by atoms with van der Waals surface area (Å²) >= 11 is 3.13. The summed E-state index contributed by atoms with van der Waals surface area (Å²) < 4.78 is 6.33. The maximum Gasteiger partial charge on any atom is 0.339 e. The Bertz CT molecular complexity index is 887. The van der Waals surface area contributed by atoms with E-state index in [-0.39, 0.29) is 18.4 Å². The van der Waals surface area contributed by atoms with E-state index in [4.69, 9.17) is 9.72 Å². The number of benzene rings is 1. The topological polar surface area (TPSA) is 59.5 Å². The molecule has 0 radical (unpaired) electrons. The van der Waals surface area contributed by atoms with E-state index in [1.54, 1.807) is 27.7 Å². The Morgan fingerprint density at radius 2 is 2.15 bits per heavy atom. The second kappa shape index (κ2) is 7.55. The molecule has 7 heteroatoms. The van der Waals surface area contributed by atoms with E-state index in [1.807, 2.05) is 23.6 Å². The molecule has 26 heavy (non-hydrogen) atoms. The van der Waals surface area contributed by atoms with Crippen molar-refractivity contribution in [2.45, 2.75) is 18.8 Å². The van der Waals surface area contributed by atoms with E-state index >= 15 is 0 Å². The summed E-state index contributed by atoms with van der Waals surface area (Å²) in [6, 6.07) is 9.80. The summed E-state index contributed by atoms with van der Waals surface area (Å²) in [7, 11) is 0. The van der Waals surface area contributed by atoms with Gasteiger partial charge in [-0.3, -0.25) is 4.79 Å². The van der Waals surface area contributed by atoms with Gasteiger partial charge in [-0.25, -0.2) is 9.78 Å². The number of para-hydroxylation sites is 1. The van der Waals surface area contributed by atoms with Crippen molar-refractivity contribution in [1.29, 1.82) is 0 Å². The van der Waals surface area contributed by atoms with E-state index < -0.39 is 5.97 Å². The van der Waals surface area contributed by atoms with E-state index in [9.17, 15) is 9.59 Å². The zero-order valence-corrected chi connectivity index (χ0v) is 15.7.